The number of nitrogens with one attached hydrogen (secondary N) is 1. The van der Waals surface area contributed by atoms with E-state index in [9.17, 15) is 5.11 Å². The van der Waals surface area contributed by atoms with Crippen molar-refractivity contribution < 1.29 is 9.84 Å². The van der Waals surface area contributed by atoms with Gasteiger partial charge in [-0.15, -0.1) is 11.3 Å². The summed E-state index contributed by atoms with van der Waals surface area (Å²) < 4.78 is 5.22. The molecule has 4 nitrogen and oxygen atoms in total. The predicted octanol–water partition coefficient (Wildman–Crippen LogP) is 3.24. The van der Waals surface area contributed by atoms with Crippen molar-refractivity contribution in [1.29, 1.82) is 0 Å². The van der Waals surface area contributed by atoms with Crippen LogP contribution in [-0.4, -0.2) is 23.7 Å². The molecule has 118 valence electrons. The average Bonchev–Trinajstić information content (AvgIpc) is 3.24. The lowest BCUT2D eigenvalue weighted by Gasteiger charge is -2.29. The van der Waals surface area contributed by atoms with Crippen LogP contribution in [0.15, 0.2) is 35.8 Å². The topological polar surface area (TPSA) is 54.4 Å². The second-order valence-corrected chi connectivity index (χ2v) is 6.69. The molecule has 0 aliphatic heterocycles. The summed E-state index contributed by atoms with van der Waals surface area (Å²) in [6.07, 6.45) is 5.91. The van der Waals surface area contributed by atoms with Gasteiger partial charge >= 0.3 is 0 Å². The first-order valence-electron chi connectivity index (χ1n) is 7.70. The summed E-state index contributed by atoms with van der Waals surface area (Å²) in [7, 11) is 1.64. The van der Waals surface area contributed by atoms with Crippen LogP contribution >= 0.6 is 11.3 Å². The normalized spacial score (nSPS) is 18.3. The second-order valence-electron chi connectivity index (χ2n) is 5.80. The molecule has 22 heavy (non-hydrogen) atoms. The standard InChI is InChI=1S/C17H22N2O2S/c1-21-14-6-4-5-13(11-14)15(20)12-19-17(7-2-3-8-17)16-18-9-10-22-16/h4-6,9-11,15,19-20H,2-3,7-8,12H2,1H3. The fraction of sp³-hybridized carbons (Fsp3) is 0.471. The van der Waals surface area contributed by atoms with Gasteiger partial charge in [0.15, 0.2) is 0 Å². The summed E-state index contributed by atoms with van der Waals surface area (Å²) >= 11 is 1.70. The maximum atomic E-state index is 10.5. The Bertz CT molecular complexity index is 594. The molecular formula is C17H22N2O2S. The molecule has 0 saturated heterocycles. The van der Waals surface area contributed by atoms with Crippen molar-refractivity contribution in [3.8, 4) is 5.75 Å². The molecule has 1 aromatic heterocycles. The zero-order valence-corrected chi connectivity index (χ0v) is 13.6. The van der Waals surface area contributed by atoms with Crippen molar-refractivity contribution in [2.75, 3.05) is 13.7 Å². The molecule has 1 atom stereocenters. The van der Waals surface area contributed by atoms with E-state index in [1.807, 2.05) is 35.8 Å². The van der Waals surface area contributed by atoms with Gasteiger partial charge in [-0.3, -0.25) is 0 Å². The molecule has 3 rings (SSSR count). The highest BCUT2D eigenvalue weighted by Gasteiger charge is 2.37. The molecule has 5 heteroatoms. The van der Waals surface area contributed by atoms with E-state index in [0.29, 0.717) is 6.54 Å². The van der Waals surface area contributed by atoms with Gasteiger partial charge in [0.25, 0.3) is 0 Å². The van der Waals surface area contributed by atoms with E-state index in [4.69, 9.17) is 4.74 Å². The highest BCUT2D eigenvalue weighted by Crippen LogP contribution is 2.39. The fourth-order valence-electron chi connectivity index (χ4n) is 3.16. The van der Waals surface area contributed by atoms with E-state index in [-0.39, 0.29) is 5.54 Å². The fourth-order valence-corrected chi connectivity index (χ4v) is 4.04. The summed E-state index contributed by atoms with van der Waals surface area (Å²) in [4.78, 5) is 4.50. The number of thiazole rings is 1. The van der Waals surface area contributed by atoms with Crippen LogP contribution in [0.3, 0.4) is 0 Å². The smallest absolute Gasteiger partial charge is 0.119 e. The molecule has 0 amide bonds. The largest absolute Gasteiger partial charge is 0.497 e. The lowest BCUT2D eigenvalue weighted by Crippen LogP contribution is -2.42. The highest BCUT2D eigenvalue weighted by molar-refractivity contribution is 7.09. The Balaban J connectivity index is 1.70. The number of aliphatic hydroxyl groups is 1. The van der Waals surface area contributed by atoms with Crippen LogP contribution in [-0.2, 0) is 5.54 Å². The van der Waals surface area contributed by atoms with Crippen LogP contribution in [0.1, 0.15) is 42.4 Å². The predicted molar refractivity (Wildman–Crippen MR) is 88.2 cm³/mol. The van der Waals surface area contributed by atoms with E-state index in [1.165, 1.54) is 12.8 Å². The third kappa shape index (κ3) is 3.16. The minimum absolute atomic E-state index is 0.0615. The number of rotatable bonds is 6. The Kier molecular flexibility index (Phi) is 4.76. The van der Waals surface area contributed by atoms with Crippen molar-refractivity contribution in [3.05, 3.63) is 46.4 Å². The Hall–Kier alpha value is -1.43. The number of hydrogen-bond donors (Lipinski definition) is 2. The van der Waals surface area contributed by atoms with Crippen LogP contribution in [0.5, 0.6) is 5.75 Å². The van der Waals surface area contributed by atoms with Crippen LogP contribution in [0.25, 0.3) is 0 Å². The van der Waals surface area contributed by atoms with Crippen molar-refractivity contribution in [2.24, 2.45) is 0 Å². The maximum absolute atomic E-state index is 10.5. The van der Waals surface area contributed by atoms with Gasteiger partial charge in [0, 0.05) is 18.1 Å². The first kappa shape index (κ1) is 15.5. The molecule has 2 N–H and O–H groups in total. The molecule has 1 aromatic carbocycles. The van der Waals surface area contributed by atoms with Gasteiger partial charge in [-0.25, -0.2) is 4.98 Å². The van der Waals surface area contributed by atoms with Gasteiger partial charge in [0.2, 0.25) is 0 Å². The second kappa shape index (κ2) is 6.77. The summed E-state index contributed by atoms with van der Waals surface area (Å²) in [6.45, 7) is 0.521. The van der Waals surface area contributed by atoms with Gasteiger partial charge in [-0.05, 0) is 30.5 Å². The molecule has 1 saturated carbocycles. The first-order valence-corrected chi connectivity index (χ1v) is 8.58. The summed E-state index contributed by atoms with van der Waals surface area (Å²) in [6, 6.07) is 7.61. The third-order valence-corrected chi connectivity index (χ3v) is 5.39. The van der Waals surface area contributed by atoms with Crippen LogP contribution in [0.4, 0.5) is 0 Å². The summed E-state index contributed by atoms with van der Waals surface area (Å²) in [5.74, 6) is 0.770. The molecule has 2 aromatic rings. The lowest BCUT2D eigenvalue weighted by atomic mass is 9.97. The number of benzene rings is 1. The quantitative estimate of drug-likeness (QED) is 0.858. The summed E-state index contributed by atoms with van der Waals surface area (Å²) in [5, 5.41) is 17.2. The zero-order valence-electron chi connectivity index (χ0n) is 12.8. The Labute approximate surface area is 135 Å². The SMILES string of the molecule is COc1cccc(C(O)CNC2(c3nccs3)CCCC2)c1. The highest BCUT2D eigenvalue weighted by atomic mass is 32.1. The maximum Gasteiger partial charge on any atom is 0.119 e. The van der Waals surface area contributed by atoms with Gasteiger partial charge in [0.05, 0.1) is 18.8 Å². The van der Waals surface area contributed by atoms with Gasteiger partial charge in [0.1, 0.15) is 10.8 Å². The van der Waals surface area contributed by atoms with Crippen molar-refractivity contribution in [2.45, 2.75) is 37.3 Å². The molecule has 1 unspecified atom stereocenters. The van der Waals surface area contributed by atoms with Crippen LogP contribution in [0.2, 0.25) is 0 Å². The van der Waals surface area contributed by atoms with Crippen LogP contribution < -0.4 is 10.1 Å². The number of methoxy groups -OCH3 is 1. The van der Waals surface area contributed by atoms with E-state index < -0.39 is 6.10 Å². The zero-order chi connectivity index (χ0) is 15.4. The van der Waals surface area contributed by atoms with E-state index in [0.717, 1.165) is 29.2 Å². The Morgan fingerprint density at radius 1 is 1.41 bits per heavy atom. The van der Waals surface area contributed by atoms with Gasteiger partial charge in [-0.1, -0.05) is 25.0 Å². The van der Waals surface area contributed by atoms with Crippen molar-refractivity contribution in [3.63, 3.8) is 0 Å². The Morgan fingerprint density at radius 3 is 2.91 bits per heavy atom. The molecule has 1 aliphatic carbocycles. The average molecular weight is 318 g/mol. The molecule has 0 radical (unpaired) electrons. The number of aliphatic hydroxyl groups excluding tert-OH is 1. The molecule has 1 aliphatic rings. The lowest BCUT2D eigenvalue weighted by molar-refractivity contribution is 0.155. The minimum atomic E-state index is -0.549. The number of ether oxygens (including phenoxy) is 1. The van der Waals surface area contributed by atoms with Gasteiger partial charge < -0.3 is 15.2 Å². The monoisotopic (exact) mass is 318 g/mol. The number of nitrogens with zero attached hydrogens (tertiary/aromatic N) is 1. The molecule has 0 spiro atoms. The third-order valence-electron chi connectivity index (χ3n) is 4.41. The van der Waals surface area contributed by atoms with E-state index in [1.54, 1.807) is 18.4 Å². The van der Waals surface area contributed by atoms with E-state index in [2.05, 4.69) is 10.3 Å². The molecule has 1 heterocycles. The Morgan fingerprint density at radius 2 is 2.23 bits per heavy atom. The van der Waals surface area contributed by atoms with E-state index >= 15 is 0 Å². The number of hydrogen-bond acceptors (Lipinski definition) is 5. The van der Waals surface area contributed by atoms with Gasteiger partial charge in [-0.2, -0.15) is 0 Å². The summed E-state index contributed by atoms with van der Waals surface area (Å²) in [5.41, 5.74) is 0.813. The minimum Gasteiger partial charge on any atom is -0.497 e. The molecular weight excluding hydrogens is 296 g/mol. The number of aromatic nitrogens is 1. The molecule has 1 fully saturated rings. The molecule has 0 bridgehead atoms. The van der Waals surface area contributed by atoms with Crippen molar-refractivity contribution >= 4 is 11.3 Å². The van der Waals surface area contributed by atoms with Crippen LogP contribution in [0, 0.1) is 0 Å². The first-order chi connectivity index (χ1) is 10.7. The van der Waals surface area contributed by atoms with Crippen molar-refractivity contribution in [1.82, 2.24) is 10.3 Å².